The minimum Gasteiger partial charge on any atom is -0.493 e. The minimum atomic E-state index is -0.124. The van der Waals surface area contributed by atoms with Gasteiger partial charge in [-0.15, -0.1) is 0 Å². The summed E-state index contributed by atoms with van der Waals surface area (Å²) in [6.07, 6.45) is 1.88. The molecule has 0 bridgehead atoms. The number of methoxy groups -OCH3 is 3. The molecule has 6 nitrogen and oxygen atoms in total. The van der Waals surface area contributed by atoms with Crippen LogP contribution in [0.3, 0.4) is 0 Å². The van der Waals surface area contributed by atoms with Crippen molar-refractivity contribution in [3.05, 3.63) is 17.7 Å². The second-order valence-corrected chi connectivity index (χ2v) is 4.91. The summed E-state index contributed by atoms with van der Waals surface area (Å²) in [5, 5.41) is 6.32. The van der Waals surface area contributed by atoms with Crippen LogP contribution in [0.15, 0.2) is 12.1 Å². The van der Waals surface area contributed by atoms with Gasteiger partial charge in [0, 0.05) is 11.6 Å². The van der Waals surface area contributed by atoms with Crippen LogP contribution in [0.2, 0.25) is 0 Å². The smallest absolute Gasteiger partial charge is 0.251 e. The number of hydrogen-bond donors (Lipinski definition) is 2. The minimum absolute atomic E-state index is 0.124. The van der Waals surface area contributed by atoms with Crippen molar-refractivity contribution in [1.29, 1.82) is 0 Å². The van der Waals surface area contributed by atoms with Crippen LogP contribution in [0.1, 0.15) is 23.2 Å². The quantitative estimate of drug-likeness (QED) is 0.854. The molecule has 1 saturated heterocycles. The van der Waals surface area contributed by atoms with Crippen LogP contribution in [-0.2, 0) is 0 Å². The number of carbonyl (C=O) groups excluding carboxylic acids is 1. The Bertz CT molecular complexity index is 473. The highest BCUT2D eigenvalue weighted by Gasteiger charge is 2.20. The van der Waals surface area contributed by atoms with Crippen LogP contribution in [0.4, 0.5) is 0 Å². The molecule has 1 fully saturated rings. The van der Waals surface area contributed by atoms with E-state index in [1.165, 1.54) is 21.3 Å². The lowest BCUT2D eigenvalue weighted by atomic mass is 10.1. The third-order valence-electron chi connectivity index (χ3n) is 3.60. The molecule has 116 valence electrons. The second-order valence-electron chi connectivity index (χ2n) is 4.91. The molecule has 1 heterocycles. The van der Waals surface area contributed by atoms with Gasteiger partial charge in [-0.05, 0) is 38.1 Å². The Labute approximate surface area is 124 Å². The van der Waals surface area contributed by atoms with Crippen LogP contribution in [0.25, 0.3) is 0 Å². The van der Waals surface area contributed by atoms with Gasteiger partial charge in [0.2, 0.25) is 5.75 Å². The molecule has 0 atom stereocenters. The number of ether oxygens (including phenoxy) is 3. The Hall–Kier alpha value is -1.95. The van der Waals surface area contributed by atoms with Crippen molar-refractivity contribution in [2.45, 2.75) is 18.9 Å². The van der Waals surface area contributed by atoms with E-state index < -0.39 is 0 Å². The highest BCUT2D eigenvalue weighted by Crippen LogP contribution is 2.38. The Morgan fingerprint density at radius 3 is 2.14 bits per heavy atom. The molecule has 0 spiro atoms. The van der Waals surface area contributed by atoms with E-state index in [0.29, 0.717) is 22.8 Å². The molecule has 0 radical (unpaired) electrons. The van der Waals surface area contributed by atoms with E-state index in [4.69, 9.17) is 14.2 Å². The SMILES string of the molecule is COc1cc(C(=O)NC2CCNCC2)cc(OC)c1OC. The number of carbonyl (C=O) groups is 1. The average Bonchev–Trinajstić information content (AvgIpc) is 2.54. The normalized spacial score (nSPS) is 15.4. The van der Waals surface area contributed by atoms with Gasteiger partial charge in [-0.3, -0.25) is 4.79 Å². The first-order valence-electron chi connectivity index (χ1n) is 7.01. The van der Waals surface area contributed by atoms with Gasteiger partial charge in [-0.25, -0.2) is 0 Å². The van der Waals surface area contributed by atoms with Crippen molar-refractivity contribution in [1.82, 2.24) is 10.6 Å². The zero-order valence-corrected chi connectivity index (χ0v) is 12.7. The van der Waals surface area contributed by atoms with Gasteiger partial charge in [0.25, 0.3) is 5.91 Å². The van der Waals surface area contributed by atoms with Gasteiger partial charge in [-0.2, -0.15) is 0 Å². The lowest BCUT2D eigenvalue weighted by molar-refractivity contribution is 0.0928. The molecular weight excluding hydrogens is 272 g/mol. The number of rotatable bonds is 5. The predicted octanol–water partition coefficient (Wildman–Crippen LogP) is 1.19. The Morgan fingerprint density at radius 1 is 1.10 bits per heavy atom. The first-order valence-corrected chi connectivity index (χ1v) is 7.01. The molecule has 0 aromatic heterocycles. The molecule has 2 rings (SSSR count). The van der Waals surface area contributed by atoms with Crippen molar-refractivity contribution in [2.75, 3.05) is 34.4 Å². The molecule has 1 aromatic rings. The van der Waals surface area contributed by atoms with E-state index >= 15 is 0 Å². The lowest BCUT2D eigenvalue weighted by Crippen LogP contribution is -2.42. The molecule has 6 heteroatoms. The van der Waals surface area contributed by atoms with Crippen LogP contribution in [-0.4, -0.2) is 46.4 Å². The zero-order chi connectivity index (χ0) is 15.2. The summed E-state index contributed by atoms with van der Waals surface area (Å²) < 4.78 is 15.8. The summed E-state index contributed by atoms with van der Waals surface area (Å²) >= 11 is 0. The third kappa shape index (κ3) is 3.58. The van der Waals surface area contributed by atoms with Crippen molar-refractivity contribution < 1.29 is 19.0 Å². The molecule has 1 aliphatic rings. The zero-order valence-electron chi connectivity index (χ0n) is 12.7. The summed E-state index contributed by atoms with van der Waals surface area (Å²) in [5.41, 5.74) is 0.503. The van der Waals surface area contributed by atoms with E-state index in [9.17, 15) is 4.79 Å². The molecule has 0 aliphatic carbocycles. The van der Waals surface area contributed by atoms with E-state index in [2.05, 4.69) is 10.6 Å². The van der Waals surface area contributed by atoms with Crippen molar-refractivity contribution >= 4 is 5.91 Å². The van der Waals surface area contributed by atoms with Gasteiger partial charge in [0.05, 0.1) is 21.3 Å². The Balaban J connectivity index is 2.19. The summed E-state index contributed by atoms with van der Waals surface area (Å²) in [6, 6.07) is 3.54. The first-order chi connectivity index (χ1) is 10.2. The Morgan fingerprint density at radius 2 is 1.67 bits per heavy atom. The third-order valence-corrected chi connectivity index (χ3v) is 3.60. The molecule has 1 amide bonds. The van der Waals surface area contributed by atoms with Crippen LogP contribution in [0, 0.1) is 0 Å². The molecular formula is C15H22N2O4. The molecule has 0 unspecified atom stereocenters. The van der Waals surface area contributed by atoms with E-state index in [1.54, 1.807) is 12.1 Å². The van der Waals surface area contributed by atoms with Gasteiger partial charge in [0.1, 0.15) is 0 Å². The van der Waals surface area contributed by atoms with E-state index in [-0.39, 0.29) is 11.9 Å². The van der Waals surface area contributed by atoms with Crippen LogP contribution in [0.5, 0.6) is 17.2 Å². The van der Waals surface area contributed by atoms with Gasteiger partial charge >= 0.3 is 0 Å². The van der Waals surface area contributed by atoms with Crippen LogP contribution >= 0.6 is 0 Å². The predicted molar refractivity (Wildman–Crippen MR) is 79.5 cm³/mol. The molecule has 2 N–H and O–H groups in total. The number of benzene rings is 1. The second kappa shape index (κ2) is 7.17. The lowest BCUT2D eigenvalue weighted by Gasteiger charge is -2.24. The molecule has 1 aliphatic heterocycles. The Kier molecular flexibility index (Phi) is 5.27. The maximum Gasteiger partial charge on any atom is 0.251 e. The summed E-state index contributed by atoms with van der Waals surface area (Å²) in [4.78, 5) is 12.4. The van der Waals surface area contributed by atoms with Crippen molar-refractivity contribution in [2.24, 2.45) is 0 Å². The topological polar surface area (TPSA) is 68.8 Å². The van der Waals surface area contributed by atoms with Crippen molar-refractivity contribution in [3.63, 3.8) is 0 Å². The highest BCUT2D eigenvalue weighted by atomic mass is 16.5. The molecule has 21 heavy (non-hydrogen) atoms. The largest absolute Gasteiger partial charge is 0.493 e. The number of amides is 1. The van der Waals surface area contributed by atoms with E-state index in [0.717, 1.165) is 25.9 Å². The number of hydrogen-bond acceptors (Lipinski definition) is 5. The van der Waals surface area contributed by atoms with E-state index in [1.807, 2.05) is 0 Å². The standard InChI is InChI=1S/C15H22N2O4/c1-19-12-8-10(9-13(20-2)14(12)21-3)15(18)17-11-4-6-16-7-5-11/h8-9,11,16H,4-7H2,1-3H3,(H,17,18). The van der Waals surface area contributed by atoms with Crippen molar-refractivity contribution in [3.8, 4) is 17.2 Å². The summed E-state index contributed by atoms with van der Waals surface area (Å²) in [6.45, 7) is 1.86. The first kappa shape index (κ1) is 15.4. The maximum atomic E-state index is 12.4. The average molecular weight is 294 g/mol. The summed E-state index contributed by atoms with van der Waals surface area (Å²) in [7, 11) is 4.60. The number of nitrogens with one attached hydrogen (secondary N) is 2. The molecule has 0 saturated carbocycles. The monoisotopic (exact) mass is 294 g/mol. The van der Waals surface area contributed by atoms with Gasteiger partial charge in [0.15, 0.2) is 11.5 Å². The number of piperidine rings is 1. The fourth-order valence-corrected chi connectivity index (χ4v) is 2.45. The summed E-state index contributed by atoms with van der Waals surface area (Å²) in [5.74, 6) is 1.32. The maximum absolute atomic E-state index is 12.4. The van der Waals surface area contributed by atoms with Gasteiger partial charge in [-0.1, -0.05) is 0 Å². The highest BCUT2D eigenvalue weighted by molar-refractivity contribution is 5.95. The fraction of sp³-hybridized carbons (Fsp3) is 0.533. The van der Waals surface area contributed by atoms with Gasteiger partial charge < -0.3 is 24.8 Å². The fourth-order valence-electron chi connectivity index (χ4n) is 2.45. The molecule has 1 aromatic carbocycles. The van der Waals surface area contributed by atoms with Crippen LogP contribution < -0.4 is 24.8 Å².